The predicted molar refractivity (Wildman–Crippen MR) is 71.6 cm³/mol. The van der Waals surface area contributed by atoms with Crippen molar-refractivity contribution in [2.24, 2.45) is 5.41 Å². The summed E-state index contributed by atoms with van der Waals surface area (Å²) in [5.41, 5.74) is 2.11. The van der Waals surface area contributed by atoms with E-state index in [-0.39, 0.29) is 5.41 Å². The van der Waals surface area contributed by atoms with Gasteiger partial charge in [0.05, 0.1) is 0 Å². The van der Waals surface area contributed by atoms with Gasteiger partial charge in [-0.1, -0.05) is 17.9 Å². The average Bonchev–Trinajstić information content (AvgIpc) is 2.27. The Morgan fingerprint density at radius 3 is 2.19 bits per heavy atom. The summed E-state index contributed by atoms with van der Waals surface area (Å²) in [6, 6.07) is 8.23. The Labute approximate surface area is 98.8 Å². The molecule has 0 spiro atoms. The van der Waals surface area contributed by atoms with Gasteiger partial charge < -0.3 is 4.90 Å². The average molecular weight is 213 g/mol. The largest absolute Gasteiger partial charge is 0.378 e. The van der Waals surface area contributed by atoms with Crippen molar-refractivity contribution in [1.82, 2.24) is 0 Å². The second kappa shape index (κ2) is 4.90. The quantitative estimate of drug-likeness (QED) is 0.538. The van der Waals surface area contributed by atoms with Crippen LogP contribution < -0.4 is 4.90 Å². The number of hydrogen-bond donors (Lipinski definition) is 0. The van der Waals surface area contributed by atoms with Crippen molar-refractivity contribution in [2.75, 3.05) is 19.0 Å². The molecule has 0 amide bonds. The van der Waals surface area contributed by atoms with Gasteiger partial charge in [0.2, 0.25) is 0 Å². The molecule has 0 aliphatic carbocycles. The molecule has 1 aromatic rings. The zero-order valence-corrected chi connectivity index (χ0v) is 10.5. The van der Waals surface area contributed by atoms with Crippen LogP contribution in [0.25, 0.3) is 0 Å². The zero-order valence-electron chi connectivity index (χ0n) is 10.5. The fourth-order valence-corrected chi connectivity index (χ4v) is 1.13. The van der Waals surface area contributed by atoms with Crippen molar-refractivity contribution < 1.29 is 0 Å². The van der Waals surface area contributed by atoms with E-state index in [9.17, 15) is 0 Å². The maximum absolute atomic E-state index is 3.77. The van der Waals surface area contributed by atoms with Crippen molar-refractivity contribution in [1.29, 1.82) is 0 Å². The molecule has 0 bridgehead atoms. The Kier molecular flexibility index (Phi) is 3.79. The van der Waals surface area contributed by atoms with Gasteiger partial charge in [-0.25, -0.2) is 0 Å². The number of hydrogen-bond acceptors (Lipinski definition) is 1. The van der Waals surface area contributed by atoms with Crippen LogP contribution >= 0.6 is 0 Å². The van der Waals surface area contributed by atoms with Crippen molar-refractivity contribution in [3.63, 3.8) is 0 Å². The van der Waals surface area contributed by atoms with E-state index < -0.39 is 0 Å². The first-order valence-electron chi connectivity index (χ1n) is 5.39. The maximum atomic E-state index is 3.77. The van der Waals surface area contributed by atoms with E-state index in [0.29, 0.717) is 0 Å². The molecule has 0 fully saturated rings. The topological polar surface area (TPSA) is 3.24 Å². The molecule has 0 aliphatic rings. The van der Waals surface area contributed by atoms with Crippen molar-refractivity contribution in [3.05, 3.63) is 42.5 Å². The van der Waals surface area contributed by atoms with Crippen LogP contribution in [-0.2, 0) is 0 Å². The second-order valence-electron chi connectivity index (χ2n) is 4.62. The first-order valence-corrected chi connectivity index (χ1v) is 5.39. The summed E-state index contributed by atoms with van der Waals surface area (Å²) >= 11 is 0. The van der Waals surface area contributed by atoms with Gasteiger partial charge in [-0.2, -0.15) is 0 Å². The van der Waals surface area contributed by atoms with Gasteiger partial charge in [0.1, 0.15) is 0 Å². The predicted octanol–water partition coefficient (Wildman–Crippen LogP) is 3.32. The summed E-state index contributed by atoms with van der Waals surface area (Å²) < 4.78 is 0. The van der Waals surface area contributed by atoms with Gasteiger partial charge in [0, 0.05) is 30.8 Å². The van der Waals surface area contributed by atoms with Crippen LogP contribution in [0.2, 0.25) is 0 Å². The lowest BCUT2D eigenvalue weighted by molar-refractivity contribution is 0.657. The molecule has 0 N–H and O–H groups in total. The van der Waals surface area contributed by atoms with E-state index in [2.05, 4.69) is 49.3 Å². The van der Waals surface area contributed by atoms with Crippen LogP contribution in [0.1, 0.15) is 19.4 Å². The molecule has 0 heterocycles. The molecule has 84 valence electrons. The van der Waals surface area contributed by atoms with Crippen LogP contribution in [0, 0.1) is 17.3 Å². The van der Waals surface area contributed by atoms with Gasteiger partial charge in [0.25, 0.3) is 0 Å². The van der Waals surface area contributed by atoms with Crippen LogP contribution in [0.4, 0.5) is 5.69 Å². The van der Waals surface area contributed by atoms with Gasteiger partial charge >= 0.3 is 0 Å². The first-order chi connectivity index (χ1) is 7.44. The molecule has 1 aromatic carbocycles. The van der Waals surface area contributed by atoms with Gasteiger partial charge in [-0.15, -0.1) is 6.58 Å². The summed E-state index contributed by atoms with van der Waals surface area (Å²) in [6.07, 6.45) is 1.87. The molecule has 0 aliphatic heterocycles. The van der Waals surface area contributed by atoms with Crippen LogP contribution in [0.3, 0.4) is 0 Å². The normalized spacial score (nSPS) is 10.2. The van der Waals surface area contributed by atoms with E-state index in [0.717, 1.165) is 5.56 Å². The van der Waals surface area contributed by atoms with E-state index in [1.807, 2.05) is 32.3 Å². The lowest BCUT2D eigenvalue weighted by Gasteiger charge is -2.12. The van der Waals surface area contributed by atoms with Gasteiger partial charge in [-0.3, -0.25) is 0 Å². The van der Waals surface area contributed by atoms with Crippen molar-refractivity contribution in [3.8, 4) is 11.8 Å². The standard InChI is InChI=1S/C15H19N/c1-6-15(2,3)12-11-13-7-9-14(10-8-13)16(4)5/h6-10H,1H2,2-5H3. The minimum atomic E-state index is -0.125. The van der Waals surface area contributed by atoms with E-state index in [1.165, 1.54) is 5.69 Å². The smallest absolute Gasteiger partial charge is 0.0438 e. The van der Waals surface area contributed by atoms with Crippen molar-refractivity contribution >= 4 is 5.69 Å². The van der Waals surface area contributed by atoms with E-state index in [4.69, 9.17) is 0 Å². The molecular formula is C15H19N. The lowest BCUT2D eigenvalue weighted by Crippen LogP contribution is -2.08. The van der Waals surface area contributed by atoms with Crippen LogP contribution in [-0.4, -0.2) is 14.1 Å². The highest BCUT2D eigenvalue weighted by atomic mass is 15.1. The molecule has 0 saturated heterocycles. The Balaban J connectivity index is 2.88. The highest BCUT2D eigenvalue weighted by Crippen LogP contribution is 2.15. The summed E-state index contributed by atoms with van der Waals surface area (Å²) in [5.74, 6) is 6.35. The number of allylic oxidation sites excluding steroid dienone is 1. The fourth-order valence-electron chi connectivity index (χ4n) is 1.13. The lowest BCUT2D eigenvalue weighted by atomic mass is 9.94. The van der Waals surface area contributed by atoms with E-state index >= 15 is 0 Å². The Bertz CT molecular complexity index is 413. The van der Waals surface area contributed by atoms with Gasteiger partial charge in [0.15, 0.2) is 0 Å². The second-order valence-corrected chi connectivity index (χ2v) is 4.62. The van der Waals surface area contributed by atoms with Crippen LogP contribution in [0.15, 0.2) is 36.9 Å². The molecule has 0 aromatic heterocycles. The molecule has 16 heavy (non-hydrogen) atoms. The summed E-state index contributed by atoms with van der Waals surface area (Å²) in [4.78, 5) is 2.07. The molecule has 0 unspecified atom stereocenters. The van der Waals surface area contributed by atoms with Crippen molar-refractivity contribution in [2.45, 2.75) is 13.8 Å². The molecular weight excluding hydrogens is 194 g/mol. The summed E-state index contributed by atoms with van der Waals surface area (Å²) in [7, 11) is 4.06. The summed E-state index contributed by atoms with van der Waals surface area (Å²) in [6.45, 7) is 7.89. The zero-order chi connectivity index (χ0) is 12.2. The molecule has 1 nitrogen and oxygen atoms in total. The Morgan fingerprint density at radius 1 is 1.19 bits per heavy atom. The number of anilines is 1. The Hall–Kier alpha value is -1.68. The first kappa shape index (κ1) is 12.4. The third kappa shape index (κ3) is 3.47. The number of rotatable bonds is 2. The minimum absolute atomic E-state index is 0.125. The highest BCUT2D eigenvalue weighted by Gasteiger charge is 2.06. The molecule has 0 atom stereocenters. The van der Waals surface area contributed by atoms with Gasteiger partial charge in [-0.05, 0) is 38.1 Å². The monoisotopic (exact) mass is 213 g/mol. The third-order valence-electron chi connectivity index (χ3n) is 2.42. The molecule has 1 rings (SSSR count). The number of nitrogens with zero attached hydrogens (tertiary/aromatic N) is 1. The third-order valence-corrected chi connectivity index (χ3v) is 2.42. The minimum Gasteiger partial charge on any atom is -0.378 e. The maximum Gasteiger partial charge on any atom is 0.0438 e. The van der Waals surface area contributed by atoms with E-state index in [1.54, 1.807) is 0 Å². The summed E-state index contributed by atoms with van der Waals surface area (Å²) in [5, 5.41) is 0. The molecule has 1 heteroatoms. The van der Waals surface area contributed by atoms with Crippen LogP contribution in [0.5, 0.6) is 0 Å². The Morgan fingerprint density at radius 2 is 1.75 bits per heavy atom. The highest BCUT2D eigenvalue weighted by molar-refractivity contribution is 5.49. The fraction of sp³-hybridized carbons (Fsp3) is 0.333. The molecule has 0 saturated carbocycles. The SMILES string of the molecule is C=CC(C)(C)C#Cc1ccc(N(C)C)cc1. The molecule has 0 radical (unpaired) electrons. The number of benzene rings is 1.